The van der Waals surface area contributed by atoms with E-state index in [1.165, 1.54) is 0 Å². The number of nitrogens with zero attached hydrogens (tertiary/aromatic N) is 3. The predicted octanol–water partition coefficient (Wildman–Crippen LogP) is 1.56. The second-order valence-electron chi connectivity index (χ2n) is 6.41. The van der Waals surface area contributed by atoms with Crippen LogP contribution in [0.5, 0.6) is 0 Å². The maximum absolute atomic E-state index is 11.9. The number of ether oxygens (including phenoxy) is 1. The minimum Gasteiger partial charge on any atom is -0.384 e. The van der Waals surface area contributed by atoms with E-state index in [2.05, 4.69) is 20.4 Å². The minimum atomic E-state index is 0.0104. The number of benzene rings is 1. The molecule has 3 rings (SSSR count). The molecule has 0 aliphatic carbocycles. The van der Waals surface area contributed by atoms with Crippen LogP contribution in [0.4, 0.5) is 0 Å². The summed E-state index contributed by atoms with van der Waals surface area (Å²) in [6.07, 6.45) is 1.79. The van der Waals surface area contributed by atoms with Crippen LogP contribution < -0.4 is 5.32 Å². The molecule has 1 aromatic heterocycles. The van der Waals surface area contributed by atoms with Gasteiger partial charge in [0, 0.05) is 32.5 Å². The highest BCUT2D eigenvalue weighted by molar-refractivity contribution is 5.76. The minimum absolute atomic E-state index is 0.0104. The summed E-state index contributed by atoms with van der Waals surface area (Å²) < 4.78 is 10.4. The maximum atomic E-state index is 11.9. The van der Waals surface area contributed by atoms with Gasteiger partial charge in [0.2, 0.25) is 11.8 Å². The summed E-state index contributed by atoms with van der Waals surface area (Å²) >= 11 is 0. The second kappa shape index (κ2) is 8.22. The lowest BCUT2D eigenvalue weighted by Gasteiger charge is -2.14. The van der Waals surface area contributed by atoms with Crippen LogP contribution in [0, 0.1) is 0 Å². The van der Waals surface area contributed by atoms with Crippen molar-refractivity contribution < 1.29 is 14.1 Å². The molecule has 2 unspecified atom stereocenters. The van der Waals surface area contributed by atoms with Crippen LogP contribution in [0.2, 0.25) is 0 Å². The van der Waals surface area contributed by atoms with Crippen molar-refractivity contribution >= 4 is 5.91 Å². The lowest BCUT2D eigenvalue weighted by atomic mass is 10.1. The van der Waals surface area contributed by atoms with Crippen molar-refractivity contribution in [3.63, 3.8) is 0 Å². The fourth-order valence-corrected chi connectivity index (χ4v) is 3.14. The molecule has 1 aliphatic rings. The fraction of sp³-hybridized carbons (Fsp3) is 0.500. The Morgan fingerprint density at radius 2 is 2.20 bits per heavy atom. The molecule has 0 spiro atoms. The molecule has 1 amide bonds. The summed E-state index contributed by atoms with van der Waals surface area (Å²) in [5, 5.41) is 7.14. The number of hydrogen-bond acceptors (Lipinski definition) is 6. The molecular formula is C18H24N4O3. The average molecular weight is 344 g/mol. The van der Waals surface area contributed by atoms with Crippen molar-refractivity contribution in [3.8, 4) is 0 Å². The van der Waals surface area contributed by atoms with E-state index in [0.29, 0.717) is 31.2 Å². The van der Waals surface area contributed by atoms with Crippen molar-refractivity contribution in [1.29, 1.82) is 0 Å². The molecule has 1 saturated heterocycles. The highest BCUT2D eigenvalue weighted by Gasteiger charge is 2.35. The fourth-order valence-electron chi connectivity index (χ4n) is 3.14. The zero-order valence-electron chi connectivity index (χ0n) is 14.6. The van der Waals surface area contributed by atoms with Crippen LogP contribution in [0.1, 0.15) is 36.2 Å². The van der Waals surface area contributed by atoms with E-state index < -0.39 is 0 Å². The number of carbonyl (C=O) groups excluding carboxylic acids is 1. The standard InChI is InChI=1S/C18H24N4O3/c1-22-12-14(19-17(23)8-9-24-2)11-15(22)18-20-16(21-25-18)10-13-6-4-3-5-7-13/h3-7,14-15H,8-12H2,1-2H3,(H,19,23). The molecule has 1 N–H and O–H groups in total. The van der Waals surface area contributed by atoms with Crippen molar-refractivity contribution in [2.75, 3.05) is 27.3 Å². The first-order valence-corrected chi connectivity index (χ1v) is 8.50. The molecular weight excluding hydrogens is 320 g/mol. The summed E-state index contributed by atoms with van der Waals surface area (Å²) in [4.78, 5) is 18.5. The van der Waals surface area contributed by atoms with E-state index in [9.17, 15) is 4.79 Å². The number of methoxy groups -OCH3 is 1. The number of likely N-dealkylation sites (N-methyl/N-ethyl adjacent to an activating group) is 1. The third kappa shape index (κ3) is 4.64. The molecule has 1 fully saturated rings. The lowest BCUT2D eigenvalue weighted by molar-refractivity contribution is -0.122. The molecule has 7 heteroatoms. The first-order valence-electron chi connectivity index (χ1n) is 8.50. The molecule has 1 aromatic carbocycles. The Balaban J connectivity index is 1.58. The van der Waals surface area contributed by atoms with Crippen molar-refractivity contribution in [2.45, 2.75) is 31.3 Å². The lowest BCUT2D eigenvalue weighted by Crippen LogP contribution is -2.36. The number of aromatic nitrogens is 2. The summed E-state index contributed by atoms with van der Waals surface area (Å²) in [6, 6.07) is 10.2. The highest BCUT2D eigenvalue weighted by atomic mass is 16.5. The molecule has 1 aliphatic heterocycles. The second-order valence-corrected chi connectivity index (χ2v) is 6.41. The predicted molar refractivity (Wildman–Crippen MR) is 92.0 cm³/mol. The first-order chi connectivity index (χ1) is 12.2. The Hall–Kier alpha value is -2.25. The molecule has 2 heterocycles. The van der Waals surface area contributed by atoms with Gasteiger partial charge in [-0.2, -0.15) is 4.98 Å². The largest absolute Gasteiger partial charge is 0.384 e. The SMILES string of the molecule is COCCC(=O)NC1CC(c2nc(Cc3ccccc3)no2)N(C)C1. The molecule has 7 nitrogen and oxygen atoms in total. The molecule has 2 aromatic rings. The van der Waals surface area contributed by atoms with Crippen molar-refractivity contribution in [3.05, 3.63) is 47.6 Å². The number of amides is 1. The van der Waals surface area contributed by atoms with Gasteiger partial charge in [0.05, 0.1) is 12.6 Å². The number of hydrogen-bond donors (Lipinski definition) is 1. The average Bonchev–Trinajstić information content (AvgIpc) is 3.20. The van der Waals surface area contributed by atoms with Gasteiger partial charge in [0.15, 0.2) is 5.82 Å². The summed E-state index contributed by atoms with van der Waals surface area (Å²) in [7, 11) is 3.60. The topological polar surface area (TPSA) is 80.5 Å². The summed E-state index contributed by atoms with van der Waals surface area (Å²) in [6.45, 7) is 1.20. The quantitative estimate of drug-likeness (QED) is 0.821. The Labute approximate surface area is 147 Å². The molecule has 2 atom stereocenters. The first kappa shape index (κ1) is 17.6. The monoisotopic (exact) mass is 344 g/mol. The van der Waals surface area contributed by atoms with Gasteiger partial charge in [-0.25, -0.2) is 0 Å². The molecule has 0 radical (unpaired) electrons. The van der Waals surface area contributed by atoms with E-state index in [-0.39, 0.29) is 18.0 Å². The Bertz CT molecular complexity index is 689. The molecule has 0 bridgehead atoms. The maximum Gasteiger partial charge on any atom is 0.244 e. The van der Waals surface area contributed by atoms with Gasteiger partial charge in [-0.3, -0.25) is 9.69 Å². The number of nitrogens with one attached hydrogen (secondary N) is 1. The van der Waals surface area contributed by atoms with Gasteiger partial charge in [-0.1, -0.05) is 35.5 Å². The highest BCUT2D eigenvalue weighted by Crippen LogP contribution is 2.29. The third-order valence-electron chi connectivity index (χ3n) is 4.42. The van der Waals surface area contributed by atoms with E-state index in [0.717, 1.165) is 18.5 Å². The molecule has 0 saturated carbocycles. The van der Waals surface area contributed by atoms with Crippen molar-refractivity contribution in [1.82, 2.24) is 20.4 Å². The normalized spacial score (nSPS) is 20.7. The van der Waals surface area contributed by atoms with Crippen LogP contribution >= 0.6 is 0 Å². The van der Waals surface area contributed by atoms with Gasteiger partial charge in [-0.05, 0) is 19.0 Å². The van der Waals surface area contributed by atoms with Crippen LogP contribution in [0.3, 0.4) is 0 Å². The van der Waals surface area contributed by atoms with Crippen LogP contribution in [0.15, 0.2) is 34.9 Å². The Kier molecular flexibility index (Phi) is 5.78. The van der Waals surface area contributed by atoms with Crippen LogP contribution in [0.25, 0.3) is 0 Å². The van der Waals surface area contributed by atoms with Gasteiger partial charge >= 0.3 is 0 Å². The third-order valence-corrected chi connectivity index (χ3v) is 4.42. The van der Waals surface area contributed by atoms with Gasteiger partial charge in [-0.15, -0.1) is 0 Å². The molecule has 134 valence electrons. The zero-order valence-corrected chi connectivity index (χ0v) is 14.6. The smallest absolute Gasteiger partial charge is 0.244 e. The van der Waals surface area contributed by atoms with Crippen LogP contribution in [-0.4, -0.2) is 54.3 Å². The van der Waals surface area contributed by atoms with Gasteiger partial charge in [0.1, 0.15) is 0 Å². The van der Waals surface area contributed by atoms with E-state index in [1.807, 2.05) is 37.4 Å². The number of likely N-dealkylation sites (tertiary alicyclic amines) is 1. The zero-order chi connectivity index (χ0) is 17.6. The Morgan fingerprint density at radius 1 is 1.40 bits per heavy atom. The van der Waals surface area contributed by atoms with Crippen molar-refractivity contribution in [2.24, 2.45) is 0 Å². The van der Waals surface area contributed by atoms with E-state index in [4.69, 9.17) is 9.26 Å². The number of rotatable bonds is 7. The summed E-state index contributed by atoms with van der Waals surface area (Å²) in [5.74, 6) is 1.31. The van der Waals surface area contributed by atoms with Gasteiger partial charge < -0.3 is 14.6 Å². The molecule has 25 heavy (non-hydrogen) atoms. The van der Waals surface area contributed by atoms with E-state index in [1.54, 1.807) is 7.11 Å². The number of carbonyl (C=O) groups is 1. The Morgan fingerprint density at radius 3 is 2.96 bits per heavy atom. The van der Waals surface area contributed by atoms with E-state index >= 15 is 0 Å². The van der Waals surface area contributed by atoms with Crippen LogP contribution in [-0.2, 0) is 16.0 Å². The summed E-state index contributed by atoms with van der Waals surface area (Å²) in [5.41, 5.74) is 1.15. The van der Waals surface area contributed by atoms with Gasteiger partial charge in [0.25, 0.3) is 0 Å².